The topological polar surface area (TPSA) is 55.1 Å². The highest BCUT2D eigenvalue weighted by molar-refractivity contribution is 6.34. The average Bonchev–Trinajstić information content (AvgIpc) is 2.35. The monoisotopic (exact) mass is 259 g/mol. The number of benzene rings is 2. The first kappa shape index (κ1) is 12.5. The highest BCUT2D eigenvalue weighted by Crippen LogP contribution is 2.21. The Bertz CT molecular complexity index is 596. The number of carbonyl (C=O) groups is 1. The van der Waals surface area contributed by atoms with E-state index in [0.717, 1.165) is 11.3 Å². The Balaban J connectivity index is 2.28. The molecule has 0 saturated heterocycles. The lowest BCUT2D eigenvalue weighted by Gasteiger charge is -2.09. The second kappa shape index (κ2) is 5.10. The molecule has 0 atom stereocenters. The van der Waals surface area contributed by atoms with E-state index in [4.69, 9.17) is 17.3 Å². The van der Waals surface area contributed by atoms with Crippen LogP contribution in [0.1, 0.15) is 15.9 Å². The van der Waals surface area contributed by atoms with Crippen LogP contribution >= 0.6 is 11.6 Å². The molecule has 0 aromatic heterocycles. The van der Waals surface area contributed by atoms with E-state index in [2.05, 4.69) is 11.4 Å². The van der Waals surface area contributed by atoms with Gasteiger partial charge < -0.3 is 11.1 Å². The number of nitrogen functional groups attached to an aromatic ring is 1. The van der Waals surface area contributed by atoms with Gasteiger partial charge in [0.15, 0.2) is 0 Å². The van der Waals surface area contributed by atoms with Crippen molar-refractivity contribution < 1.29 is 4.79 Å². The number of halogens is 1. The average molecular weight is 260 g/mol. The summed E-state index contributed by atoms with van der Waals surface area (Å²) in [5, 5.41) is 3.17. The molecule has 91 valence electrons. The van der Waals surface area contributed by atoms with Crippen molar-refractivity contribution in [3.8, 4) is 0 Å². The molecular weight excluding hydrogens is 248 g/mol. The molecule has 0 bridgehead atoms. The van der Waals surface area contributed by atoms with Gasteiger partial charge in [0.05, 0.1) is 10.6 Å². The molecule has 0 spiro atoms. The Morgan fingerprint density at radius 1 is 1.39 bits per heavy atom. The predicted molar refractivity (Wildman–Crippen MR) is 73.8 cm³/mol. The van der Waals surface area contributed by atoms with Crippen molar-refractivity contribution in [3.05, 3.63) is 58.6 Å². The van der Waals surface area contributed by atoms with E-state index in [1.807, 2.05) is 6.92 Å². The van der Waals surface area contributed by atoms with Crippen molar-refractivity contribution in [2.45, 2.75) is 6.92 Å². The van der Waals surface area contributed by atoms with E-state index in [0.29, 0.717) is 16.3 Å². The van der Waals surface area contributed by atoms with Crippen LogP contribution in [-0.2, 0) is 0 Å². The third kappa shape index (κ3) is 2.63. The van der Waals surface area contributed by atoms with Crippen molar-refractivity contribution >= 4 is 28.9 Å². The summed E-state index contributed by atoms with van der Waals surface area (Å²) < 4.78 is 0. The first-order valence-electron chi connectivity index (χ1n) is 5.41. The van der Waals surface area contributed by atoms with Crippen LogP contribution in [0.5, 0.6) is 0 Å². The van der Waals surface area contributed by atoms with Gasteiger partial charge in [0.2, 0.25) is 0 Å². The number of anilines is 2. The summed E-state index contributed by atoms with van der Waals surface area (Å²) >= 11 is 5.97. The Morgan fingerprint density at radius 2 is 2.17 bits per heavy atom. The van der Waals surface area contributed by atoms with Crippen LogP contribution in [0.25, 0.3) is 0 Å². The van der Waals surface area contributed by atoms with E-state index in [1.54, 1.807) is 36.4 Å². The van der Waals surface area contributed by atoms with Crippen LogP contribution in [0.4, 0.5) is 11.4 Å². The SMILES string of the molecule is Cc1c[c]ccc1NC(=O)c1cc(N)ccc1Cl. The molecule has 3 nitrogen and oxygen atoms in total. The van der Waals surface area contributed by atoms with Gasteiger partial charge in [0.1, 0.15) is 0 Å². The largest absolute Gasteiger partial charge is 0.399 e. The van der Waals surface area contributed by atoms with E-state index >= 15 is 0 Å². The molecule has 2 aromatic rings. The molecule has 0 aliphatic carbocycles. The number of aryl methyl sites for hydroxylation is 1. The van der Waals surface area contributed by atoms with Crippen molar-refractivity contribution in [3.63, 3.8) is 0 Å². The quantitative estimate of drug-likeness (QED) is 0.813. The van der Waals surface area contributed by atoms with Crippen LogP contribution in [0.15, 0.2) is 36.4 Å². The molecule has 2 aromatic carbocycles. The highest BCUT2D eigenvalue weighted by atomic mass is 35.5. The molecule has 1 amide bonds. The molecule has 0 fully saturated rings. The number of carbonyl (C=O) groups excluding carboxylic acids is 1. The molecule has 3 N–H and O–H groups in total. The van der Waals surface area contributed by atoms with Gasteiger partial charge in [0, 0.05) is 11.4 Å². The number of nitrogens with one attached hydrogen (secondary N) is 1. The highest BCUT2D eigenvalue weighted by Gasteiger charge is 2.11. The summed E-state index contributed by atoms with van der Waals surface area (Å²) in [6, 6.07) is 13.1. The zero-order chi connectivity index (χ0) is 13.1. The minimum Gasteiger partial charge on any atom is -0.399 e. The fraction of sp³-hybridized carbons (Fsp3) is 0.0714. The third-order valence-corrected chi connectivity index (χ3v) is 2.88. The molecule has 0 aliphatic rings. The van der Waals surface area contributed by atoms with Crippen molar-refractivity contribution in [2.24, 2.45) is 0 Å². The Kier molecular flexibility index (Phi) is 3.53. The van der Waals surface area contributed by atoms with Gasteiger partial charge in [-0.3, -0.25) is 4.79 Å². The van der Waals surface area contributed by atoms with Crippen LogP contribution < -0.4 is 11.1 Å². The number of amides is 1. The summed E-state index contributed by atoms with van der Waals surface area (Å²) in [4.78, 5) is 12.1. The molecule has 0 heterocycles. The summed E-state index contributed by atoms with van der Waals surface area (Å²) in [6.45, 7) is 1.90. The minimum absolute atomic E-state index is 0.276. The van der Waals surface area contributed by atoms with E-state index in [9.17, 15) is 4.79 Å². The first-order chi connectivity index (χ1) is 8.58. The fourth-order valence-electron chi connectivity index (χ4n) is 1.56. The molecule has 4 heteroatoms. The summed E-state index contributed by atoms with van der Waals surface area (Å²) in [6.07, 6.45) is 0. The van der Waals surface area contributed by atoms with E-state index in [1.165, 1.54) is 0 Å². The van der Waals surface area contributed by atoms with Gasteiger partial charge in [0.25, 0.3) is 5.91 Å². The second-order valence-electron chi connectivity index (χ2n) is 3.93. The minimum atomic E-state index is -0.276. The molecule has 0 unspecified atom stereocenters. The van der Waals surface area contributed by atoms with Crippen LogP contribution in [0, 0.1) is 13.0 Å². The van der Waals surface area contributed by atoms with Gasteiger partial charge in [-0.2, -0.15) is 0 Å². The number of nitrogens with two attached hydrogens (primary N) is 1. The lowest BCUT2D eigenvalue weighted by Crippen LogP contribution is -2.13. The van der Waals surface area contributed by atoms with Gasteiger partial charge in [-0.05, 0) is 48.9 Å². The van der Waals surface area contributed by atoms with E-state index < -0.39 is 0 Å². The Labute approximate surface area is 111 Å². The van der Waals surface area contributed by atoms with Gasteiger partial charge in [-0.25, -0.2) is 0 Å². The maximum atomic E-state index is 12.1. The number of hydrogen-bond donors (Lipinski definition) is 2. The lowest BCUT2D eigenvalue weighted by atomic mass is 10.1. The van der Waals surface area contributed by atoms with Crippen molar-refractivity contribution in [1.82, 2.24) is 0 Å². The predicted octanol–water partition coefficient (Wildman–Crippen LogP) is 3.28. The third-order valence-electron chi connectivity index (χ3n) is 2.55. The van der Waals surface area contributed by atoms with Crippen molar-refractivity contribution in [1.29, 1.82) is 0 Å². The lowest BCUT2D eigenvalue weighted by molar-refractivity contribution is 0.102. The Morgan fingerprint density at radius 3 is 2.89 bits per heavy atom. The number of rotatable bonds is 2. The normalized spacial score (nSPS) is 10.1. The molecule has 18 heavy (non-hydrogen) atoms. The summed E-state index contributed by atoms with van der Waals surface area (Å²) in [5.74, 6) is -0.276. The number of hydrogen-bond acceptors (Lipinski definition) is 2. The fourth-order valence-corrected chi connectivity index (χ4v) is 1.76. The summed E-state index contributed by atoms with van der Waals surface area (Å²) in [5.41, 5.74) is 8.18. The maximum absolute atomic E-state index is 12.1. The maximum Gasteiger partial charge on any atom is 0.257 e. The van der Waals surface area contributed by atoms with Crippen LogP contribution in [0.3, 0.4) is 0 Å². The first-order valence-corrected chi connectivity index (χ1v) is 5.79. The standard InChI is InChI=1S/C14H12ClN2O/c1-9-4-2-3-5-13(9)17-14(18)11-8-10(16)6-7-12(11)15/h3-8H,16H2,1H3,(H,17,18). The zero-order valence-corrected chi connectivity index (χ0v) is 10.6. The summed E-state index contributed by atoms with van der Waals surface area (Å²) in [7, 11) is 0. The van der Waals surface area contributed by atoms with Crippen LogP contribution in [0.2, 0.25) is 5.02 Å². The zero-order valence-electron chi connectivity index (χ0n) is 9.83. The van der Waals surface area contributed by atoms with Gasteiger partial charge in [-0.15, -0.1) is 0 Å². The molecule has 0 saturated carbocycles. The smallest absolute Gasteiger partial charge is 0.257 e. The molecule has 2 rings (SSSR count). The molecular formula is C14H12ClN2O. The van der Waals surface area contributed by atoms with Gasteiger partial charge >= 0.3 is 0 Å². The molecule has 1 radical (unpaired) electrons. The van der Waals surface area contributed by atoms with Gasteiger partial charge in [-0.1, -0.05) is 17.7 Å². The Hall–Kier alpha value is -2.00. The van der Waals surface area contributed by atoms with E-state index in [-0.39, 0.29) is 5.91 Å². The molecule has 0 aliphatic heterocycles. The second-order valence-corrected chi connectivity index (χ2v) is 4.34. The van der Waals surface area contributed by atoms with Crippen molar-refractivity contribution in [2.75, 3.05) is 11.1 Å². The van der Waals surface area contributed by atoms with Crippen LogP contribution in [-0.4, -0.2) is 5.91 Å².